The van der Waals surface area contributed by atoms with Crippen molar-refractivity contribution in [2.75, 3.05) is 19.7 Å². The first-order chi connectivity index (χ1) is 15.9. The highest BCUT2D eigenvalue weighted by atomic mass is 16.5. The van der Waals surface area contributed by atoms with Gasteiger partial charge in [0.2, 0.25) is 0 Å². The molecule has 1 fully saturated rings. The van der Waals surface area contributed by atoms with Gasteiger partial charge in [0, 0.05) is 26.6 Å². The van der Waals surface area contributed by atoms with E-state index in [1.54, 1.807) is 13.1 Å². The van der Waals surface area contributed by atoms with Gasteiger partial charge >= 0.3 is 5.76 Å². The van der Waals surface area contributed by atoms with Crippen LogP contribution in [0.5, 0.6) is 0 Å². The van der Waals surface area contributed by atoms with Crippen molar-refractivity contribution in [1.82, 2.24) is 15.2 Å². The molecular weight excluding hydrogens is 420 g/mol. The summed E-state index contributed by atoms with van der Waals surface area (Å²) in [5, 5.41) is 15.6. The van der Waals surface area contributed by atoms with Crippen LogP contribution in [0.3, 0.4) is 0 Å². The van der Waals surface area contributed by atoms with Crippen molar-refractivity contribution in [2.45, 2.75) is 31.9 Å². The molecule has 8 heteroatoms. The fourth-order valence-electron chi connectivity index (χ4n) is 3.97. The second-order valence-electron chi connectivity index (χ2n) is 8.61. The summed E-state index contributed by atoms with van der Waals surface area (Å²) in [6, 6.07) is 15.0. The number of hydrogen-bond acceptors (Lipinski definition) is 6. The van der Waals surface area contributed by atoms with Crippen molar-refractivity contribution >= 4 is 17.0 Å². The number of aryl methyl sites for hydroxylation is 1. The molecule has 2 N–H and O–H groups in total. The van der Waals surface area contributed by atoms with Crippen LogP contribution in [0.1, 0.15) is 18.9 Å². The summed E-state index contributed by atoms with van der Waals surface area (Å²) in [5.74, 6) is -0.145. The van der Waals surface area contributed by atoms with Gasteiger partial charge < -0.3 is 19.8 Å². The van der Waals surface area contributed by atoms with E-state index in [2.05, 4.69) is 23.6 Å². The van der Waals surface area contributed by atoms with Gasteiger partial charge in [-0.1, -0.05) is 37.3 Å². The van der Waals surface area contributed by atoms with E-state index in [4.69, 9.17) is 9.15 Å². The highest BCUT2D eigenvalue weighted by Gasteiger charge is 2.24. The van der Waals surface area contributed by atoms with Crippen LogP contribution in [0.4, 0.5) is 0 Å². The Balaban J connectivity index is 1.40. The molecule has 0 spiro atoms. The molecular formula is C25H28N4O4. The van der Waals surface area contributed by atoms with E-state index in [0.29, 0.717) is 31.1 Å². The molecule has 4 rings (SSSR count). The molecule has 0 saturated carbocycles. The molecule has 0 aliphatic carbocycles. The Kier molecular flexibility index (Phi) is 6.92. The minimum absolute atomic E-state index is 0.265. The van der Waals surface area contributed by atoms with Crippen LogP contribution >= 0.6 is 0 Å². The fourth-order valence-corrected chi connectivity index (χ4v) is 3.97. The number of nitrogens with one attached hydrogen (secondary N) is 2. The minimum atomic E-state index is -0.645. The standard InChI is InChI=1S/C25H28N4O4/c1-16-9-10-32-23(15-27-14-16)24(30)28-20(13-26)11-17-3-5-18(6-4-17)19-7-8-22-21(12-19)29(2)25(31)33-22/h3-8,12,16,20,23,27H,9-11,14-15H2,1-2H3,(H,28,30)/t16-,20+,23+/m1/s1. The number of rotatable bonds is 5. The minimum Gasteiger partial charge on any atom is -0.408 e. The predicted molar refractivity (Wildman–Crippen MR) is 125 cm³/mol. The predicted octanol–water partition coefficient (Wildman–Crippen LogP) is 2.36. The number of carbonyl (C=O) groups excluding carboxylic acids is 1. The van der Waals surface area contributed by atoms with Crippen molar-refractivity contribution in [1.29, 1.82) is 5.26 Å². The van der Waals surface area contributed by atoms with Gasteiger partial charge in [-0.25, -0.2) is 4.79 Å². The van der Waals surface area contributed by atoms with Gasteiger partial charge in [-0.05, 0) is 47.7 Å². The Hall–Kier alpha value is -3.41. The second-order valence-corrected chi connectivity index (χ2v) is 8.61. The summed E-state index contributed by atoms with van der Waals surface area (Å²) in [7, 11) is 1.68. The van der Waals surface area contributed by atoms with Gasteiger partial charge in [-0.3, -0.25) is 9.36 Å². The molecule has 1 saturated heterocycles. The third-order valence-electron chi connectivity index (χ3n) is 6.04. The van der Waals surface area contributed by atoms with Crippen LogP contribution in [0.2, 0.25) is 0 Å². The molecule has 1 aromatic heterocycles. The number of carbonyl (C=O) groups is 1. The lowest BCUT2D eigenvalue weighted by Gasteiger charge is -2.24. The van der Waals surface area contributed by atoms with Crippen molar-refractivity contribution in [3.05, 3.63) is 58.6 Å². The van der Waals surface area contributed by atoms with Gasteiger partial charge in [0.1, 0.15) is 12.1 Å². The summed E-state index contributed by atoms with van der Waals surface area (Å²) in [5.41, 5.74) is 4.16. The zero-order valence-corrected chi connectivity index (χ0v) is 18.8. The van der Waals surface area contributed by atoms with Crippen LogP contribution in [0.25, 0.3) is 22.2 Å². The zero-order chi connectivity index (χ0) is 23.4. The number of aromatic nitrogens is 1. The van der Waals surface area contributed by atoms with E-state index in [1.165, 1.54) is 4.57 Å². The molecule has 0 radical (unpaired) electrons. The maximum absolute atomic E-state index is 12.6. The summed E-state index contributed by atoms with van der Waals surface area (Å²) < 4.78 is 12.4. The molecule has 8 nitrogen and oxygen atoms in total. The van der Waals surface area contributed by atoms with Crippen molar-refractivity contribution in [3.8, 4) is 17.2 Å². The average Bonchev–Trinajstić information content (AvgIpc) is 3.09. The molecule has 0 bridgehead atoms. The van der Waals surface area contributed by atoms with Gasteiger partial charge in [0.25, 0.3) is 5.91 Å². The van der Waals surface area contributed by atoms with E-state index in [0.717, 1.165) is 35.2 Å². The smallest absolute Gasteiger partial charge is 0.408 e. The number of oxazole rings is 1. The van der Waals surface area contributed by atoms with E-state index in [9.17, 15) is 14.9 Å². The van der Waals surface area contributed by atoms with Gasteiger partial charge in [0.15, 0.2) is 5.58 Å². The first-order valence-electron chi connectivity index (χ1n) is 11.2. The number of nitrogens with zero attached hydrogens (tertiary/aromatic N) is 2. The Bertz CT molecular complexity index is 1210. The van der Waals surface area contributed by atoms with Crippen LogP contribution in [0.15, 0.2) is 51.7 Å². The SMILES string of the molecule is C[C@@H]1CCO[C@H](C(=O)N[C@H](C#N)Cc2ccc(-c3ccc4oc(=O)n(C)c4c3)cc2)CNC1. The first-order valence-corrected chi connectivity index (χ1v) is 11.2. The van der Waals surface area contributed by atoms with Gasteiger partial charge in [0.05, 0.1) is 11.6 Å². The lowest BCUT2D eigenvalue weighted by atomic mass is 10.0. The highest BCUT2D eigenvalue weighted by molar-refractivity contribution is 5.82. The van der Waals surface area contributed by atoms with Crippen molar-refractivity contribution < 1.29 is 13.9 Å². The van der Waals surface area contributed by atoms with E-state index >= 15 is 0 Å². The normalized spacial score (nSPS) is 19.9. The van der Waals surface area contributed by atoms with Crippen LogP contribution < -0.4 is 16.4 Å². The third-order valence-corrected chi connectivity index (χ3v) is 6.04. The quantitative estimate of drug-likeness (QED) is 0.620. The molecule has 3 atom stereocenters. The summed E-state index contributed by atoms with van der Waals surface area (Å²) in [4.78, 5) is 24.3. The third kappa shape index (κ3) is 5.33. The topological polar surface area (TPSA) is 109 Å². The molecule has 2 heterocycles. The number of amides is 1. The number of hydrogen-bond donors (Lipinski definition) is 2. The monoisotopic (exact) mass is 448 g/mol. The highest BCUT2D eigenvalue weighted by Crippen LogP contribution is 2.24. The number of ether oxygens (including phenoxy) is 1. The molecule has 1 aliphatic heterocycles. The number of nitriles is 1. The summed E-state index contributed by atoms with van der Waals surface area (Å²) in [6.07, 6.45) is 0.702. The molecule has 1 amide bonds. The Morgan fingerprint density at radius 1 is 1.24 bits per heavy atom. The molecule has 0 unspecified atom stereocenters. The number of fused-ring (bicyclic) bond motifs is 1. The van der Waals surface area contributed by atoms with Gasteiger partial charge in [-0.15, -0.1) is 0 Å². The molecule has 33 heavy (non-hydrogen) atoms. The molecule has 3 aromatic rings. The largest absolute Gasteiger partial charge is 0.419 e. The molecule has 1 aliphatic rings. The van der Waals surface area contributed by atoms with E-state index < -0.39 is 17.9 Å². The van der Waals surface area contributed by atoms with Crippen LogP contribution in [-0.4, -0.2) is 42.3 Å². The van der Waals surface area contributed by atoms with Crippen molar-refractivity contribution in [3.63, 3.8) is 0 Å². The molecule has 172 valence electrons. The summed E-state index contributed by atoms with van der Waals surface area (Å²) >= 11 is 0. The second kappa shape index (κ2) is 10.0. The van der Waals surface area contributed by atoms with Crippen LogP contribution in [0, 0.1) is 17.2 Å². The lowest BCUT2D eigenvalue weighted by molar-refractivity contribution is -0.133. The summed E-state index contributed by atoms with van der Waals surface area (Å²) in [6.45, 7) is 3.98. The first kappa shape index (κ1) is 22.8. The average molecular weight is 449 g/mol. The lowest BCUT2D eigenvalue weighted by Crippen LogP contribution is -2.48. The zero-order valence-electron chi connectivity index (χ0n) is 18.8. The maximum atomic E-state index is 12.6. The molecule has 2 aromatic carbocycles. The number of benzene rings is 2. The van der Waals surface area contributed by atoms with Crippen molar-refractivity contribution in [2.24, 2.45) is 13.0 Å². The Morgan fingerprint density at radius 2 is 2.00 bits per heavy atom. The van der Waals surface area contributed by atoms with E-state index in [1.807, 2.05) is 36.4 Å². The maximum Gasteiger partial charge on any atom is 0.419 e. The Morgan fingerprint density at radius 3 is 2.76 bits per heavy atom. The van der Waals surface area contributed by atoms with E-state index in [-0.39, 0.29) is 5.91 Å². The fraction of sp³-hybridized carbons (Fsp3) is 0.400. The Labute approximate surface area is 192 Å². The van der Waals surface area contributed by atoms with Crippen LogP contribution in [-0.2, 0) is 23.0 Å². The van der Waals surface area contributed by atoms with Gasteiger partial charge in [-0.2, -0.15) is 5.26 Å².